The Kier molecular flexibility index (Phi) is 1.72. The first-order valence-electron chi connectivity index (χ1n) is 2.76. The van der Waals surface area contributed by atoms with E-state index in [1.54, 1.807) is 0 Å². The molecular formula is C6H4ClNS2. The van der Waals surface area contributed by atoms with E-state index in [1.807, 2.05) is 24.3 Å². The van der Waals surface area contributed by atoms with Crippen LogP contribution in [-0.4, -0.2) is 0 Å². The van der Waals surface area contributed by atoms with Crippen molar-refractivity contribution in [1.82, 2.24) is 0 Å². The zero-order valence-corrected chi connectivity index (χ0v) is 7.34. The summed E-state index contributed by atoms with van der Waals surface area (Å²) in [5, 5.41) is 1.03. The van der Waals surface area contributed by atoms with Crippen LogP contribution in [0.3, 0.4) is 0 Å². The number of nitrogens with zero attached hydrogens (tertiary/aromatic N) is 1. The number of rotatable bonds is 0. The Balaban J connectivity index is 2.96. The van der Waals surface area contributed by atoms with Gasteiger partial charge in [0.15, 0.2) is 0 Å². The molecule has 52 valence electrons. The van der Waals surface area contributed by atoms with E-state index in [0.29, 0.717) is 0 Å². The number of benzene rings is 1. The van der Waals surface area contributed by atoms with Gasteiger partial charge in [0, 0.05) is 0 Å². The molecule has 1 atom stereocenters. The monoisotopic (exact) mass is 189 g/mol. The minimum atomic E-state index is -0.226. The van der Waals surface area contributed by atoms with E-state index in [4.69, 9.17) is 10.7 Å². The van der Waals surface area contributed by atoms with E-state index in [9.17, 15) is 0 Å². The minimum absolute atomic E-state index is 0.226. The van der Waals surface area contributed by atoms with Crippen LogP contribution in [0.1, 0.15) is 0 Å². The Hall–Kier alpha value is 0.01000. The maximum Gasteiger partial charge on any atom is 0.0871 e. The summed E-state index contributed by atoms with van der Waals surface area (Å²) in [6, 6.07) is 7.97. The maximum atomic E-state index is 5.94. The van der Waals surface area contributed by atoms with Gasteiger partial charge >= 0.3 is 0 Å². The predicted octanol–water partition coefficient (Wildman–Crippen LogP) is 2.56. The van der Waals surface area contributed by atoms with Crippen molar-refractivity contribution in [3.8, 4) is 0 Å². The first-order chi connectivity index (χ1) is 4.88. The summed E-state index contributed by atoms with van der Waals surface area (Å²) in [6.45, 7) is 0. The summed E-state index contributed by atoms with van der Waals surface area (Å²) in [6.07, 6.45) is 0. The number of fused-ring (bicyclic) bond motifs is 1. The second kappa shape index (κ2) is 2.57. The molecule has 0 saturated heterocycles. The normalized spacial score (nSPS) is 21.9. The van der Waals surface area contributed by atoms with Gasteiger partial charge in [-0.25, -0.2) is 4.40 Å². The molecule has 0 fully saturated rings. The number of hydrogen-bond donors (Lipinski definition) is 0. The standard InChI is InChI=1S/C6H4ClNS2/c7-10-6-4-2-1-3-5(6)8-9-10/h1-4H. The molecule has 10 heavy (non-hydrogen) atoms. The third kappa shape index (κ3) is 0.983. The lowest BCUT2D eigenvalue weighted by Crippen LogP contribution is -1.95. The third-order valence-corrected chi connectivity index (χ3v) is 4.49. The van der Waals surface area contributed by atoms with Gasteiger partial charge in [0.1, 0.15) is 0 Å². The Morgan fingerprint density at radius 3 is 3.00 bits per heavy atom. The molecule has 0 aromatic heterocycles. The zero-order valence-electron chi connectivity index (χ0n) is 4.95. The Morgan fingerprint density at radius 2 is 2.20 bits per heavy atom. The minimum Gasteiger partial charge on any atom is -0.203 e. The van der Waals surface area contributed by atoms with Crippen LogP contribution in [0.15, 0.2) is 28.7 Å². The molecule has 1 aliphatic heterocycles. The second-order valence-corrected chi connectivity index (χ2v) is 6.00. The summed E-state index contributed by atoms with van der Waals surface area (Å²) in [4.78, 5) is 0. The van der Waals surface area contributed by atoms with Crippen LogP contribution < -0.4 is 5.36 Å². The highest BCUT2D eigenvalue weighted by Crippen LogP contribution is 2.40. The van der Waals surface area contributed by atoms with Crippen molar-refractivity contribution in [2.75, 3.05) is 0 Å². The quantitative estimate of drug-likeness (QED) is 0.347. The molecule has 1 aromatic rings. The maximum absolute atomic E-state index is 5.94. The lowest BCUT2D eigenvalue weighted by atomic mass is 10.4. The molecule has 1 unspecified atom stereocenters. The highest BCUT2D eigenvalue weighted by atomic mass is 35.7. The molecular weight excluding hydrogens is 186 g/mol. The summed E-state index contributed by atoms with van der Waals surface area (Å²) >= 11 is 0. The Labute approximate surface area is 69.1 Å². The van der Waals surface area contributed by atoms with E-state index in [2.05, 4.69) is 4.40 Å². The molecule has 1 heterocycles. The molecule has 0 bridgehead atoms. The average Bonchev–Trinajstić information content (AvgIpc) is 2.34. The predicted molar refractivity (Wildman–Crippen MR) is 47.5 cm³/mol. The summed E-state index contributed by atoms with van der Waals surface area (Å²) in [5.74, 6) is 0. The van der Waals surface area contributed by atoms with Gasteiger partial charge in [0.25, 0.3) is 0 Å². The van der Waals surface area contributed by atoms with E-state index < -0.39 is 0 Å². The molecule has 0 saturated carbocycles. The van der Waals surface area contributed by atoms with Gasteiger partial charge in [-0.1, -0.05) is 12.1 Å². The fourth-order valence-corrected chi connectivity index (χ4v) is 3.43. The van der Waals surface area contributed by atoms with Crippen molar-refractivity contribution in [3.05, 3.63) is 34.1 Å². The van der Waals surface area contributed by atoms with Crippen LogP contribution in [0.4, 0.5) is 0 Å². The zero-order chi connectivity index (χ0) is 6.97. The largest absolute Gasteiger partial charge is 0.203 e. The van der Waals surface area contributed by atoms with Gasteiger partial charge in [0.05, 0.1) is 20.8 Å². The fraction of sp³-hybridized carbons (Fsp3) is 0. The van der Waals surface area contributed by atoms with Gasteiger partial charge in [-0.05, 0) is 31.5 Å². The molecule has 0 aliphatic carbocycles. The number of halogens is 1. The molecule has 1 aromatic carbocycles. The highest BCUT2D eigenvalue weighted by Gasteiger charge is 2.00. The third-order valence-electron chi connectivity index (χ3n) is 1.24. The Morgan fingerprint density at radius 1 is 1.40 bits per heavy atom. The molecule has 1 aliphatic rings. The first kappa shape index (κ1) is 6.70. The SMILES string of the molecule is ClS1=c2ccccc2=NS1. The van der Waals surface area contributed by atoms with Crippen LogP contribution in [-0.2, 0) is 0 Å². The summed E-state index contributed by atoms with van der Waals surface area (Å²) in [7, 11) is 7.16. The molecule has 1 nitrogen and oxygen atoms in total. The lowest BCUT2D eigenvalue weighted by Gasteiger charge is -1.81. The molecule has 0 radical (unpaired) electrons. The van der Waals surface area contributed by atoms with E-state index in [0.717, 1.165) is 9.87 Å². The van der Waals surface area contributed by atoms with Crippen molar-refractivity contribution in [2.24, 2.45) is 4.40 Å². The second-order valence-electron chi connectivity index (χ2n) is 1.86. The van der Waals surface area contributed by atoms with E-state index in [-0.39, 0.29) is 8.73 Å². The van der Waals surface area contributed by atoms with Crippen LogP contribution in [0, 0.1) is 4.51 Å². The molecule has 4 heteroatoms. The molecule has 2 rings (SSSR count). The van der Waals surface area contributed by atoms with Crippen molar-refractivity contribution in [1.29, 1.82) is 0 Å². The van der Waals surface area contributed by atoms with Crippen LogP contribution in [0.5, 0.6) is 0 Å². The van der Waals surface area contributed by atoms with Crippen molar-refractivity contribution >= 4 is 30.4 Å². The smallest absolute Gasteiger partial charge is 0.0871 e. The van der Waals surface area contributed by atoms with Crippen molar-refractivity contribution in [2.45, 2.75) is 0 Å². The Bertz CT molecular complexity index is 374. The van der Waals surface area contributed by atoms with Crippen LogP contribution in [0.2, 0.25) is 0 Å². The molecule has 0 spiro atoms. The van der Waals surface area contributed by atoms with E-state index in [1.165, 1.54) is 11.0 Å². The summed E-state index contributed by atoms with van der Waals surface area (Å²) < 4.78 is 5.34. The lowest BCUT2D eigenvalue weighted by molar-refractivity contribution is 1.46. The topological polar surface area (TPSA) is 12.4 Å². The van der Waals surface area contributed by atoms with E-state index >= 15 is 0 Å². The van der Waals surface area contributed by atoms with Gasteiger partial charge in [-0.2, -0.15) is 0 Å². The first-order valence-corrected chi connectivity index (χ1v) is 6.10. The average molecular weight is 190 g/mol. The van der Waals surface area contributed by atoms with Crippen LogP contribution in [0.25, 0.3) is 0 Å². The van der Waals surface area contributed by atoms with Gasteiger partial charge in [0.2, 0.25) is 0 Å². The van der Waals surface area contributed by atoms with Crippen LogP contribution >= 0.6 is 30.4 Å². The highest BCUT2D eigenvalue weighted by molar-refractivity contribution is 8.89. The number of hydrogen-bond acceptors (Lipinski definition) is 2. The van der Waals surface area contributed by atoms with Crippen molar-refractivity contribution < 1.29 is 0 Å². The van der Waals surface area contributed by atoms with Gasteiger partial charge < -0.3 is 0 Å². The fourth-order valence-electron chi connectivity index (χ4n) is 0.781. The molecule has 0 amide bonds. The van der Waals surface area contributed by atoms with Gasteiger partial charge in [-0.3, -0.25) is 0 Å². The molecule has 0 N–H and O–H groups in total. The van der Waals surface area contributed by atoms with Crippen molar-refractivity contribution in [3.63, 3.8) is 0 Å². The van der Waals surface area contributed by atoms with Gasteiger partial charge in [-0.15, -0.1) is 0 Å². The summed E-state index contributed by atoms with van der Waals surface area (Å²) in [5.41, 5.74) is 0.